The average molecular weight is 266 g/mol. The number of esters is 1. The summed E-state index contributed by atoms with van der Waals surface area (Å²) in [5.41, 5.74) is 0.724. The first-order valence-electron chi connectivity index (χ1n) is 5.56. The highest BCUT2D eigenvalue weighted by Crippen LogP contribution is 2.22. The standard InChI is InChI=1S/C13H12ClNO3/c1-2-12(16)15-6-5-9-3-4-10(7-11(9)15)18-13(17)8-14/h3-7H,2,8H2,1H3. The van der Waals surface area contributed by atoms with Gasteiger partial charge in [0.1, 0.15) is 11.6 Å². The lowest BCUT2D eigenvalue weighted by atomic mass is 10.2. The molecule has 0 atom stereocenters. The Kier molecular flexibility index (Phi) is 3.67. The minimum atomic E-state index is -0.518. The van der Waals surface area contributed by atoms with Crippen molar-refractivity contribution in [2.45, 2.75) is 13.3 Å². The Hall–Kier alpha value is -1.81. The highest BCUT2D eigenvalue weighted by Gasteiger charge is 2.09. The number of hydrogen-bond donors (Lipinski definition) is 0. The monoisotopic (exact) mass is 265 g/mol. The molecule has 0 saturated heterocycles. The number of carbonyl (C=O) groups is 2. The molecule has 0 aliphatic heterocycles. The first-order chi connectivity index (χ1) is 8.65. The number of carbonyl (C=O) groups excluding carboxylic acids is 2. The summed E-state index contributed by atoms with van der Waals surface area (Å²) >= 11 is 5.37. The highest BCUT2D eigenvalue weighted by molar-refractivity contribution is 6.26. The van der Waals surface area contributed by atoms with Crippen LogP contribution >= 0.6 is 11.6 Å². The SMILES string of the molecule is CCC(=O)n1ccc2ccc(OC(=O)CCl)cc21. The molecule has 0 radical (unpaired) electrons. The number of fused-ring (bicyclic) bond motifs is 1. The summed E-state index contributed by atoms with van der Waals surface area (Å²) in [4.78, 5) is 22.8. The van der Waals surface area contributed by atoms with Crippen molar-refractivity contribution in [3.05, 3.63) is 30.5 Å². The summed E-state index contributed by atoms with van der Waals surface area (Å²) in [6.07, 6.45) is 2.12. The van der Waals surface area contributed by atoms with Crippen molar-refractivity contribution in [3.8, 4) is 5.75 Å². The molecule has 5 heteroatoms. The van der Waals surface area contributed by atoms with Crippen LogP contribution in [0.1, 0.15) is 18.1 Å². The van der Waals surface area contributed by atoms with Crippen molar-refractivity contribution in [1.82, 2.24) is 4.57 Å². The van der Waals surface area contributed by atoms with Gasteiger partial charge in [0.05, 0.1) is 5.52 Å². The van der Waals surface area contributed by atoms with Crippen molar-refractivity contribution in [2.24, 2.45) is 0 Å². The summed E-state index contributed by atoms with van der Waals surface area (Å²) in [6, 6.07) is 6.97. The zero-order valence-electron chi connectivity index (χ0n) is 9.85. The molecule has 2 rings (SSSR count). The lowest BCUT2D eigenvalue weighted by Crippen LogP contribution is -2.09. The predicted octanol–water partition coefficient (Wildman–Crippen LogP) is 2.84. The summed E-state index contributed by atoms with van der Waals surface area (Å²) in [5, 5.41) is 0.919. The van der Waals surface area contributed by atoms with Gasteiger partial charge in [-0.2, -0.15) is 0 Å². The number of hydrogen-bond acceptors (Lipinski definition) is 3. The molecule has 94 valence electrons. The van der Waals surface area contributed by atoms with Crippen molar-refractivity contribution in [2.75, 3.05) is 5.88 Å². The van der Waals surface area contributed by atoms with E-state index in [9.17, 15) is 9.59 Å². The molecule has 0 saturated carbocycles. The van der Waals surface area contributed by atoms with Crippen molar-refractivity contribution in [3.63, 3.8) is 0 Å². The van der Waals surface area contributed by atoms with Crippen LogP contribution in [0.15, 0.2) is 30.5 Å². The fraction of sp³-hybridized carbons (Fsp3) is 0.231. The third kappa shape index (κ3) is 2.38. The maximum atomic E-state index is 11.7. The molecule has 0 spiro atoms. The normalized spacial score (nSPS) is 10.6. The number of ether oxygens (including phenoxy) is 1. The fourth-order valence-corrected chi connectivity index (χ4v) is 1.77. The molecule has 0 fully saturated rings. The number of rotatable bonds is 3. The van der Waals surface area contributed by atoms with E-state index in [0.29, 0.717) is 12.2 Å². The fourth-order valence-electron chi connectivity index (χ4n) is 1.72. The van der Waals surface area contributed by atoms with Crippen molar-refractivity contribution < 1.29 is 14.3 Å². The van der Waals surface area contributed by atoms with Crippen LogP contribution in [0.25, 0.3) is 10.9 Å². The summed E-state index contributed by atoms with van der Waals surface area (Å²) < 4.78 is 6.56. The molecule has 0 unspecified atom stereocenters. The minimum absolute atomic E-state index is 0.00850. The number of alkyl halides is 1. The maximum absolute atomic E-state index is 11.7. The Morgan fingerprint density at radius 3 is 2.78 bits per heavy atom. The van der Waals surface area contributed by atoms with Gasteiger partial charge in [0.2, 0.25) is 5.91 Å². The van der Waals surface area contributed by atoms with Crippen molar-refractivity contribution >= 4 is 34.4 Å². The minimum Gasteiger partial charge on any atom is -0.426 e. The lowest BCUT2D eigenvalue weighted by molar-refractivity contribution is -0.131. The molecule has 1 heterocycles. The quantitative estimate of drug-likeness (QED) is 0.487. The van der Waals surface area contributed by atoms with E-state index >= 15 is 0 Å². The smallest absolute Gasteiger partial charge is 0.326 e. The van der Waals surface area contributed by atoms with E-state index in [1.54, 1.807) is 35.9 Å². The maximum Gasteiger partial charge on any atom is 0.326 e. The summed E-state index contributed by atoms with van der Waals surface area (Å²) in [5.74, 6) is -0.341. The van der Waals surface area contributed by atoms with Gasteiger partial charge in [0.25, 0.3) is 0 Å². The van der Waals surface area contributed by atoms with Crippen LogP contribution < -0.4 is 4.74 Å². The molecular weight excluding hydrogens is 254 g/mol. The largest absolute Gasteiger partial charge is 0.426 e. The first kappa shape index (κ1) is 12.6. The molecule has 0 N–H and O–H groups in total. The Labute approximate surface area is 109 Å². The van der Waals surface area contributed by atoms with Crippen LogP contribution in [0, 0.1) is 0 Å². The van der Waals surface area contributed by atoms with Gasteiger partial charge in [0.15, 0.2) is 0 Å². The van der Waals surface area contributed by atoms with Gasteiger partial charge in [-0.15, -0.1) is 11.6 Å². The molecule has 2 aromatic rings. The molecule has 0 aliphatic rings. The van der Waals surface area contributed by atoms with E-state index in [0.717, 1.165) is 10.9 Å². The Morgan fingerprint density at radius 2 is 2.11 bits per heavy atom. The van der Waals surface area contributed by atoms with Gasteiger partial charge >= 0.3 is 5.97 Å². The summed E-state index contributed by atoms with van der Waals surface area (Å²) in [7, 11) is 0. The predicted molar refractivity (Wildman–Crippen MR) is 69.2 cm³/mol. The summed E-state index contributed by atoms with van der Waals surface area (Å²) in [6.45, 7) is 1.80. The first-order valence-corrected chi connectivity index (χ1v) is 6.10. The van der Waals surface area contributed by atoms with Gasteiger partial charge in [-0.05, 0) is 18.2 Å². The van der Waals surface area contributed by atoms with E-state index in [1.807, 2.05) is 6.07 Å². The van der Waals surface area contributed by atoms with Gasteiger partial charge in [-0.1, -0.05) is 6.92 Å². The number of halogens is 1. The average Bonchev–Trinajstić information content (AvgIpc) is 2.80. The second kappa shape index (κ2) is 5.23. The molecule has 0 aliphatic carbocycles. The van der Waals surface area contributed by atoms with E-state index in [1.165, 1.54) is 0 Å². The van der Waals surface area contributed by atoms with Gasteiger partial charge in [-0.3, -0.25) is 14.2 Å². The van der Waals surface area contributed by atoms with Gasteiger partial charge < -0.3 is 4.74 Å². The van der Waals surface area contributed by atoms with E-state index in [4.69, 9.17) is 16.3 Å². The van der Waals surface area contributed by atoms with E-state index in [2.05, 4.69) is 0 Å². The van der Waals surface area contributed by atoms with Crippen molar-refractivity contribution in [1.29, 1.82) is 0 Å². The molecule has 4 nitrogen and oxygen atoms in total. The second-order valence-corrected chi connectivity index (χ2v) is 4.03. The molecule has 18 heavy (non-hydrogen) atoms. The molecule has 1 aromatic heterocycles. The molecule has 0 bridgehead atoms. The number of nitrogens with zero attached hydrogens (tertiary/aromatic N) is 1. The molecular formula is C13H12ClNO3. The zero-order valence-corrected chi connectivity index (χ0v) is 10.6. The third-order valence-electron chi connectivity index (χ3n) is 2.58. The Bertz CT molecular complexity index is 603. The van der Waals surface area contributed by atoms with Crippen LogP contribution in [0.2, 0.25) is 0 Å². The van der Waals surface area contributed by atoms with Crippen LogP contribution in [-0.4, -0.2) is 22.3 Å². The number of aromatic nitrogens is 1. The highest BCUT2D eigenvalue weighted by atomic mass is 35.5. The zero-order chi connectivity index (χ0) is 13.1. The Morgan fingerprint density at radius 1 is 1.33 bits per heavy atom. The van der Waals surface area contributed by atoms with E-state index < -0.39 is 5.97 Å². The Balaban J connectivity index is 2.42. The lowest BCUT2D eigenvalue weighted by Gasteiger charge is -2.05. The topological polar surface area (TPSA) is 48.3 Å². The third-order valence-corrected chi connectivity index (χ3v) is 2.79. The van der Waals surface area contributed by atoms with Crippen LogP contribution in [0.5, 0.6) is 5.75 Å². The molecule has 1 aromatic carbocycles. The van der Waals surface area contributed by atoms with Crippen LogP contribution in [0.3, 0.4) is 0 Å². The van der Waals surface area contributed by atoms with Gasteiger partial charge in [0, 0.05) is 24.1 Å². The van der Waals surface area contributed by atoms with Crippen LogP contribution in [0.4, 0.5) is 0 Å². The number of benzene rings is 1. The van der Waals surface area contributed by atoms with E-state index in [-0.39, 0.29) is 11.8 Å². The second-order valence-electron chi connectivity index (χ2n) is 3.76. The van der Waals surface area contributed by atoms with Crippen LogP contribution in [-0.2, 0) is 4.79 Å². The van der Waals surface area contributed by atoms with Gasteiger partial charge in [-0.25, -0.2) is 0 Å². The molecule has 0 amide bonds.